The van der Waals surface area contributed by atoms with Crippen LogP contribution in [-0.2, 0) is 33.3 Å². The molecule has 1 saturated heterocycles. The van der Waals surface area contributed by atoms with Gasteiger partial charge in [-0.3, -0.25) is 19.3 Å². The molecule has 2 aliphatic rings. The maximum atomic E-state index is 11.6. The minimum atomic E-state index is -1.20. The summed E-state index contributed by atoms with van der Waals surface area (Å²) in [7, 11) is 0. The van der Waals surface area contributed by atoms with Crippen molar-refractivity contribution in [3.05, 3.63) is 42.2 Å². The van der Waals surface area contributed by atoms with E-state index in [1.54, 1.807) is 6.08 Å². The Morgan fingerprint density at radius 3 is 2.10 bits per heavy atom. The third kappa shape index (κ3) is 6.45. The topological polar surface area (TPSA) is 94.6 Å². The van der Waals surface area contributed by atoms with Crippen molar-refractivity contribution in [2.24, 2.45) is 0 Å². The first-order valence-electron chi connectivity index (χ1n) is 10.2. The maximum Gasteiger partial charge on any atom is 0.305 e. The SMILES string of the molecule is CC(=O)O[C@@H]1OC(CN2CCN(c3ccccc3)CC2)=C[C@H](OC(C)=O)[C@H]1OC(C)=O. The summed E-state index contributed by atoms with van der Waals surface area (Å²) in [5, 5.41) is 0. The smallest absolute Gasteiger partial charge is 0.305 e. The molecule has 1 aromatic carbocycles. The molecule has 9 heteroatoms. The van der Waals surface area contributed by atoms with E-state index in [9.17, 15) is 14.4 Å². The fraction of sp³-hybridized carbons (Fsp3) is 0.500. The second-order valence-corrected chi connectivity index (χ2v) is 7.48. The summed E-state index contributed by atoms with van der Waals surface area (Å²) in [6.45, 7) is 7.49. The predicted octanol–water partition coefficient (Wildman–Crippen LogP) is 1.48. The molecular weight excluding hydrogens is 404 g/mol. The number of carbonyl (C=O) groups excluding carboxylic acids is 3. The van der Waals surface area contributed by atoms with E-state index in [0.717, 1.165) is 26.2 Å². The van der Waals surface area contributed by atoms with Crippen molar-refractivity contribution < 1.29 is 33.3 Å². The molecule has 0 amide bonds. The van der Waals surface area contributed by atoms with Crippen LogP contribution < -0.4 is 4.90 Å². The van der Waals surface area contributed by atoms with Crippen LogP contribution in [-0.4, -0.2) is 74.0 Å². The van der Waals surface area contributed by atoms with Gasteiger partial charge in [-0.2, -0.15) is 0 Å². The lowest BCUT2D eigenvalue weighted by Crippen LogP contribution is -2.51. The second kappa shape index (κ2) is 10.3. The maximum absolute atomic E-state index is 11.6. The van der Waals surface area contributed by atoms with Crippen molar-refractivity contribution in [3.63, 3.8) is 0 Å². The third-order valence-corrected chi connectivity index (χ3v) is 4.97. The van der Waals surface area contributed by atoms with Gasteiger partial charge in [0.2, 0.25) is 6.10 Å². The standard InChI is InChI=1S/C22H28N2O7/c1-15(25)28-20-13-19(31-22(30-17(3)27)21(20)29-16(2)26)14-23-9-11-24(12-10-23)18-7-5-4-6-8-18/h4-8,13,20-22H,9-12,14H2,1-3H3/t20-,21+,22+/m0/s1. The highest BCUT2D eigenvalue weighted by Crippen LogP contribution is 2.26. The molecule has 3 atom stereocenters. The number of benzene rings is 1. The number of ether oxygens (including phenoxy) is 4. The molecule has 2 heterocycles. The monoisotopic (exact) mass is 432 g/mol. The highest BCUT2D eigenvalue weighted by atomic mass is 16.7. The van der Waals surface area contributed by atoms with Crippen LogP contribution in [0.2, 0.25) is 0 Å². The molecule has 0 bridgehead atoms. The number of para-hydroxylation sites is 1. The Hall–Kier alpha value is -3.07. The largest absolute Gasteiger partial charge is 0.454 e. The van der Waals surface area contributed by atoms with E-state index in [-0.39, 0.29) is 0 Å². The lowest BCUT2D eigenvalue weighted by Gasteiger charge is -2.39. The molecule has 1 fully saturated rings. The summed E-state index contributed by atoms with van der Waals surface area (Å²) in [6.07, 6.45) is -1.58. The Balaban J connectivity index is 1.69. The zero-order valence-electron chi connectivity index (χ0n) is 18.0. The van der Waals surface area contributed by atoms with Crippen LogP contribution in [0.15, 0.2) is 42.2 Å². The Kier molecular flexibility index (Phi) is 7.51. The highest BCUT2D eigenvalue weighted by Gasteiger charge is 2.42. The molecule has 0 N–H and O–H groups in total. The Bertz CT molecular complexity index is 818. The van der Waals surface area contributed by atoms with Gasteiger partial charge in [0.05, 0.1) is 6.54 Å². The van der Waals surface area contributed by atoms with E-state index in [1.807, 2.05) is 18.2 Å². The van der Waals surface area contributed by atoms with E-state index in [1.165, 1.54) is 26.5 Å². The van der Waals surface area contributed by atoms with Gasteiger partial charge < -0.3 is 23.8 Å². The average Bonchev–Trinajstić information content (AvgIpc) is 2.71. The van der Waals surface area contributed by atoms with Crippen molar-refractivity contribution >= 4 is 23.6 Å². The number of rotatable bonds is 6. The van der Waals surface area contributed by atoms with Crippen molar-refractivity contribution in [2.75, 3.05) is 37.6 Å². The van der Waals surface area contributed by atoms with Crippen molar-refractivity contribution in [3.8, 4) is 0 Å². The van der Waals surface area contributed by atoms with Crippen LogP contribution in [0.3, 0.4) is 0 Å². The summed E-state index contributed by atoms with van der Waals surface area (Å²) in [6, 6.07) is 10.2. The molecule has 0 radical (unpaired) electrons. The van der Waals surface area contributed by atoms with E-state index in [0.29, 0.717) is 12.3 Å². The summed E-state index contributed by atoms with van der Waals surface area (Å²) < 4.78 is 21.6. The second-order valence-electron chi connectivity index (χ2n) is 7.48. The molecule has 31 heavy (non-hydrogen) atoms. The number of nitrogens with zero attached hydrogens (tertiary/aromatic N) is 2. The van der Waals surface area contributed by atoms with Crippen molar-refractivity contribution in [2.45, 2.75) is 39.3 Å². The highest BCUT2D eigenvalue weighted by molar-refractivity contribution is 5.68. The quantitative estimate of drug-likeness (QED) is 0.489. The Morgan fingerprint density at radius 2 is 1.52 bits per heavy atom. The fourth-order valence-corrected chi connectivity index (χ4v) is 3.66. The zero-order valence-corrected chi connectivity index (χ0v) is 18.0. The number of hydrogen-bond donors (Lipinski definition) is 0. The van der Waals surface area contributed by atoms with Gasteiger partial charge in [0.25, 0.3) is 6.29 Å². The van der Waals surface area contributed by atoms with Crippen LogP contribution in [0.1, 0.15) is 20.8 Å². The molecule has 9 nitrogen and oxygen atoms in total. The number of anilines is 1. The Labute approximate surface area is 181 Å². The first-order chi connectivity index (χ1) is 14.8. The molecule has 3 rings (SSSR count). The summed E-state index contributed by atoms with van der Waals surface area (Å²) in [4.78, 5) is 39.2. The molecule has 0 saturated carbocycles. The number of piperazine rings is 1. The van der Waals surface area contributed by atoms with Gasteiger partial charge in [-0.25, -0.2) is 0 Å². The van der Waals surface area contributed by atoms with Crippen LogP contribution in [0, 0.1) is 0 Å². The fourth-order valence-electron chi connectivity index (χ4n) is 3.66. The van der Waals surface area contributed by atoms with E-state index < -0.39 is 36.4 Å². The number of esters is 3. The van der Waals surface area contributed by atoms with Gasteiger partial charge in [-0.1, -0.05) is 18.2 Å². The van der Waals surface area contributed by atoms with Gasteiger partial charge >= 0.3 is 17.9 Å². The van der Waals surface area contributed by atoms with Gasteiger partial charge in [0.1, 0.15) is 5.76 Å². The van der Waals surface area contributed by atoms with Gasteiger partial charge in [-0.15, -0.1) is 0 Å². The molecular formula is C22H28N2O7. The van der Waals surface area contributed by atoms with Crippen LogP contribution in [0.5, 0.6) is 0 Å². The molecule has 0 spiro atoms. The van der Waals surface area contributed by atoms with E-state index >= 15 is 0 Å². The molecule has 168 valence electrons. The molecule has 0 aliphatic carbocycles. The summed E-state index contributed by atoms with van der Waals surface area (Å²) in [5.41, 5.74) is 1.18. The zero-order chi connectivity index (χ0) is 22.4. The van der Waals surface area contributed by atoms with E-state index in [2.05, 4.69) is 21.9 Å². The van der Waals surface area contributed by atoms with Crippen LogP contribution in [0.25, 0.3) is 0 Å². The van der Waals surface area contributed by atoms with Gasteiger partial charge in [-0.05, 0) is 18.2 Å². The normalized spacial score (nSPS) is 23.9. The molecule has 1 aromatic rings. The van der Waals surface area contributed by atoms with Crippen LogP contribution >= 0.6 is 0 Å². The van der Waals surface area contributed by atoms with Gasteiger partial charge in [0.15, 0.2) is 6.10 Å². The summed E-state index contributed by atoms with van der Waals surface area (Å²) in [5.74, 6) is -1.25. The van der Waals surface area contributed by atoms with Crippen molar-refractivity contribution in [1.29, 1.82) is 0 Å². The average molecular weight is 432 g/mol. The molecule has 2 aliphatic heterocycles. The predicted molar refractivity (Wildman–Crippen MR) is 111 cm³/mol. The summed E-state index contributed by atoms with van der Waals surface area (Å²) >= 11 is 0. The number of hydrogen-bond acceptors (Lipinski definition) is 9. The minimum Gasteiger partial charge on any atom is -0.454 e. The lowest BCUT2D eigenvalue weighted by molar-refractivity contribution is -0.222. The Morgan fingerprint density at radius 1 is 0.903 bits per heavy atom. The first-order valence-corrected chi connectivity index (χ1v) is 10.2. The van der Waals surface area contributed by atoms with Crippen LogP contribution in [0.4, 0.5) is 5.69 Å². The lowest BCUT2D eigenvalue weighted by atomic mass is 10.1. The van der Waals surface area contributed by atoms with E-state index in [4.69, 9.17) is 18.9 Å². The minimum absolute atomic E-state index is 0.449. The molecule has 0 aromatic heterocycles. The third-order valence-electron chi connectivity index (χ3n) is 4.97. The van der Waals surface area contributed by atoms with Gasteiger partial charge in [0, 0.05) is 52.6 Å². The molecule has 0 unspecified atom stereocenters. The first kappa shape index (κ1) is 22.6. The van der Waals surface area contributed by atoms with Crippen molar-refractivity contribution in [1.82, 2.24) is 4.90 Å². The number of carbonyl (C=O) groups is 3.